The molecule has 0 radical (unpaired) electrons. The topological polar surface area (TPSA) is 61.0 Å². The van der Waals surface area contributed by atoms with Crippen LogP contribution in [-0.2, 0) is 6.54 Å². The van der Waals surface area contributed by atoms with Gasteiger partial charge in [-0.2, -0.15) is 4.98 Å². The van der Waals surface area contributed by atoms with Gasteiger partial charge in [-0.05, 0) is 43.7 Å². The van der Waals surface area contributed by atoms with Crippen LogP contribution in [0.25, 0.3) is 0 Å². The van der Waals surface area contributed by atoms with Crippen LogP contribution < -0.4 is 10.5 Å². The molecule has 2 aromatic rings. The molecule has 0 atom stereocenters. The van der Waals surface area contributed by atoms with Crippen molar-refractivity contribution in [1.29, 1.82) is 0 Å². The van der Waals surface area contributed by atoms with Crippen LogP contribution in [0.15, 0.2) is 24.3 Å². The average Bonchev–Trinajstić information content (AvgIpc) is 2.32. The number of halogens is 1. The summed E-state index contributed by atoms with van der Waals surface area (Å²) in [5.41, 5.74) is 8.08. The molecule has 0 spiro atoms. The summed E-state index contributed by atoms with van der Waals surface area (Å²) in [4.78, 5) is 8.44. The lowest BCUT2D eigenvalue weighted by molar-refractivity contribution is 0.435. The lowest BCUT2D eigenvalue weighted by Gasteiger charge is -2.08. The molecule has 1 aromatic heterocycles. The van der Waals surface area contributed by atoms with Crippen molar-refractivity contribution in [3.8, 4) is 11.8 Å². The second kappa shape index (κ2) is 5.33. The zero-order valence-electron chi connectivity index (χ0n) is 10.3. The second-order valence-corrected chi connectivity index (χ2v) is 4.44. The van der Waals surface area contributed by atoms with Crippen LogP contribution in [0.4, 0.5) is 0 Å². The predicted octanol–water partition coefficient (Wildman–Crippen LogP) is 3.00. The third-order valence-electron chi connectivity index (χ3n) is 2.43. The summed E-state index contributed by atoms with van der Waals surface area (Å²) in [6.07, 6.45) is 0. The van der Waals surface area contributed by atoms with E-state index in [0.29, 0.717) is 23.3 Å². The van der Waals surface area contributed by atoms with Gasteiger partial charge in [0.2, 0.25) is 0 Å². The number of nitrogens with zero attached hydrogens (tertiary/aromatic N) is 2. The van der Waals surface area contributed by atoms with Gasteiger partial charge in [-0.15, -0.1) is 0 Å². The Balaban J connectivity index is 2.30. The fraction of sp³-hybridized carbons (Fsp3) is 0.231. The van der Waals surface area contributed by atoms with Gasteiger partial charge >= 0.3 is 6.01 Å². The molecular weight excluding hydrogens is 250 g/mol. The van der Waals surface area contributed by atoms with E-state index in [1.54, 1.807) is 12.1 Å². The summed E-state index contributed by atoms with van der Waals surface area (Å²) < 4.78 is 5.65. The van der Waals surface area contributed by atoms with Gasteiger partial charge in [-0.3, -0.25) is 0 Å². The summed E-state index contributed by atoms with van der Waals surface area (Å²) in [6.45, 7) is 4.16. The van der Waals surface area contributed by atoms with E-state index in [1.165, 1.54) is 0 Å². The van der Waals surface area contributed by atoms with Crippen molar-refractivity contribution in [2.24, 2.45) is 5.73 Å². The highest BCUT2D eigenvalue weighted by Crippen LogP contribution is 2.25. The monoisotopic (exact) mass is 263 g/mol. The molecule has 2 N–H and O–H groups in total. The van der Waals surface area contributed by atoms with E-state index in [1.807, 2.05) is 26.0 Å². The van der Waals surface area contributed by atoms with Crippen LogP contribution in [0, 0.1) is 13.8 Å². The van der Waals surface area contributed by atoms with E-state index in [4.69, 9.17) is 22.1 Å². The van der Waals surface area contributed by atoms with Crippen LogP contribution in [0.2, 0.25) is 5.02 Å². The second-order valence-electron chi connectivity index (χ2n) is 4.00. The summed E-state index contributed by atoms with van der Waals surface area (Å²) in [7, 11) is 0. The van der Waals surface area contributed by atoms with E-state index >= 15 is 0 Å². The largest absolute Gasteiger partial charge is 0.424 e. The van der Waals surface area contributed by atoms with Gasteiger partial charge in [-0.1, -0.05) is 11.6 Å². The van der Waals surface area contributed by atoms with Crippen molar-refractivity contribution >= 4 is 11.6 Å². The molecule has 2 rings (SSSR count). The Morgan fingerprint density at radius 3 is 2.67 bits per heavy atom. The number of aryl methyl sites for hydroxylation is 2. The Morgan fingerprint density at radius 2 is 2.00 bits per heavy atom. The zero-order chi connectivity index (χ0) is 13.1. The molecule has 18 heavy (non-hydrogen) atoms. The van der Waals surface area contributed by atoms with E-state index in [-0.39, 0.29) is 0 Å². The average molecular weight is 264 g/mol. The maximum atomic E-state index is 5.89. The lowest BCUT2D eigenvalue weighted by Crippen LogP contribution is -2.03. The first-order valence-electron chi connectivity index (χ1n) is 5.57. The van der Waals surface area contributed by atoms with Crippen molar-refractivity contribution < 1.29 is 4.74 Å². The van der Waals surface area contributed by atoms with E-state index < -0.39 is 0 Å². The Morgan fingerprint density at radius 1 is 1.22 bits per heavy atom. The van der Waals surface area contributed by atoms with E-state index in [2.05, 4.69) is 9.97 Å². The van der Waals surface area contributed by atoms with Gasteiger partial charge in [-0.25, -0.2) is 4.98 Å². The van der Waals surface area contributed by atoms with Gasteiger partial charge in [0.1, 0.15) is 5.75 Å². The minimum Gasteiger partial charge on any atom is -0.424 e. The maximum Gasteiger partial charge on any atom is 0.322 e. The molecule has 0 aliphatic heterocycles. The number of benzene rings is 1. The summed E-state index contributed by atoms with van der Waals surface area (Å²) in [6, 6.07) is 7.54. The van der Waals surface area contributed by atoms with Crippen LogP contribution in [0.3, 0.4) is 0 Å². The Hall–Kier alpha value is -1.65. The molecule has 1 aromatic carbocycles. The van der Waals surface area contributed by atoms with Crippen molar-refractivity contribution in [3.63, 3.8) is 0 Å². The number of ether oxygens (including phenoxy) is 1. The lowest BCUT2D eigenvalue weighted by atomic mass is 10.2. The number of nitrogens with two attached hydrogens (primary N) is 1. The van der Waals surface area contributed by atoms with Crippen molar-refractivity contribution in [1.82, 2.24) is 9.97 Å². The highest BCUT2D eigenvalue weighted by molar-refractivity contribution is 6.30. The fourth-order valence-corrected chi connectivity index (χ4v) is 1.81. The zero-order valence-corrected chi connectivity index (χ0v) is 11.0. The predicted molar refractivity (Wildman–Crippen MR) is 70.9 cm³/mol. The van der Waals surface area contributed by atoms with Crippen molar-refractivity contribution in [2.75, 3.05) is 0 Å². The summed E-state index contributed by atoms with van der Waals surface area (Å²) in [5, 5.41) is 0.674. The highest BCUT2D eigenvalue weighted by Gasteiger charge is 2.06. The SMILES string of the molecule is Cc1cc(CN)nc(Oc2ccc(Cl)cc2C)n1. The molecule has 0 unspecified atom stereocenters. The molecule has 0 amide bonds. The first-order valence-corrected chi connectivity index (χ1v) is 5.95. The quantitative estimate of drug-likeness (QED) is 0.925. The van der Waals surface area contributed by atoms with Crippen LogP contribution in [-0.4, -0.2) is 9.97 Å². The Labute approximate surface area is 111 Å². The van der Waals surface area contributed by atoms with E-state index in [0.717, 1.165) is 17.0 Å². The number of hydrogen-bond donors (Lipinski definition) is 1. The molecule has 0 saturated heterocycles. The molecule has 94 valence electrons. The molecule has 0 aliphatic rings. The minimum absolute atomic E-state index is 0.306. The number of aromatic nitrogens is 2. The number of hydrogen-bond acceptors (Lipinski definition) is 4. The molecule has 4 nitrogen and oxygen atoms in total. The molecule has 5 heteroatoms. The molecule has 0 aliphatic carbocycles. The van der Waals surface area contributed by atoms with Gasteiger partial charge < -0.3 is 10.5 Å². The number of rotatable bonds is 3. The fourth-order valence-electron chi connectivity index (χ4n) is 1.58. The standard InChI is InChI=1S/C13H14ClN3O/c1-8-5-10(14)3-4-12(8)18-13-16-9(2)6-11(7-15)17-13/h3-6H,7,15H2,1-2H3. The summed E-state index contributed by atoms with van der Waals surface area (Å²) >= 11 is 5.89. The molecule has 0 saturated carbocycles. The van der Waals surface area contributed by atoms with Crippen LogP contribution in [0.1, 0.15) is 17.0 Å². The van der Waals surface area contributed by atoms with Gasteiger partial charge in [0.05, 0.1) is 5.69 Å². The minimum atomic E-state index is 0.306. The third-order valence-corrected chi connectivity index (χ3v) is 2.67. The maximum absolute atomic E-state index is 5.89. The Kier molecular flexibility index (Phi) is 3.79. The van der Waals surface area contributed by atoms with Crippen molar-refractivity contribution in [2.45, 2.75) is 20.4 Å². The normalized spacial score (nSPS) is 10.4. The molecule has 1 heterocycles. The third kappa shape index (κ3) is 2.97. The first kappa shape index (κ1) is 12.8. The molecular formula is C13H14ClN3O. The van der Waals surface area contributed by atoms with Crippen molar-refractivity contribution in [3.05, 3.63) is 46.2 Å². The van der Waals surface area contributed by atoms with Crippen LogP contribution in [0.5, 0.6) is 11.8 Å². The highest BCUT2D eigenvalue weighted by atomic mass is 35.5. The smallest absolute Gasteiger partial charge is 0.322 e. The Bertz CT molecular complexity index is 572. The molecule has 0 bridgehead atoms. The van der Waals surface area contributed by atoms with Gasteiger partial charge in [0, 0.05) is 17.3 Å². The first-order chi connectivity index (χ1) is 8.58. The summed E-state index contributed by atoms with van der Waals surface area (Å²) in [5.74, 6) is 0.688. The molecule has 0 fully saturated rings. The van der Waals surface area contributed by atoms with E-state index in [9.17, 15) is 0 Å². The van der Waals surface area contributed by atoms with Crippen LogP contribution >= 0.6 is 11.6 Å². The van der Waals surface area contributed by atoms with Gasteiger partial charge in [0.15, 0.2) is 0 Å². The van der Waals surface area contributed by atoms with Gasteiger partial charge in [0.25, 0.3) is 0 Å².